The predicted molar refractivity (Wildman–Crippen MR) is 84.9 cm³/mol. The van der Waals surface area contributed by atoms with Crippen molar-refractivity contribution in [3.05, 3.63) is 24.0 Å². The van der Waals surface area contributed by atoms with E-state index in [2.05, 4.69) is 15.5 Å². The topological polar surface area (TPSA) is 44.4 Å². The molecule has 1 heterocycles. The number of hydrogen-bond donors (Lipinski definition) is 2. The molecule has 0 unspecified atom stereocenters. The highest BCUT2D eigenvalue weighted by atomic mass is 35.5. The van der Waals surface area contributed by atoms with E-state index in [1.54, 1.807) is 13.1 Å². The molecule has 0 aromatic heterocycles. The van der Waals surface area contributed by atoms with Crippen LogP contribution in [0.1, 0.15) is 12.8 Å². The van der Waals surface area contributed by atoms with Crippen LogP contribution in [0, 0.1) is 5.82 Å². The first kappa shape index (κ1) is 19.0. The molecule has 1 amide bonds. The molecule has 1 aromatic carbocycles. The molecule has 1 aliphatic heterocycles. The summed E-state index contributed by atoms with van der Waals surface area (Å²) in [7, 11) is 1.68. The zero-order chi connectivity index (χ0) is 13.0. The summed E-state index contributed by atoms with van der Waals surface area (Å²) in [6.45, 7) is 2.00. The molecule has 0 radical (unpaired) electrons. The van der Waals surface area contributed by atoms with Gasteiger partial charge in [-0.2, -0.15) is 0 Å². The molecule has 2 N–H and O–H groups in total. The maximum Gasteiger partial charge on any atom is 0.238 e. The molecule has 0 aliphatic carbocycles. The normalized spacial score (nSPS) is 13.4. The average molecular weight is 324 g/mol. The Balaban J connectivity index is 0.00000180. The second-order valence-electron chi connectivity index (χ2n) is 4.41. The number of carbonyl (C=O) groups is 1. The second kappa shape index (κ2) is 9.00. The second-order valence-corrected chi connectivity index (χ2v) is 4.41. The summed E-state index contributed by atoms with van der Waals surface area (Å²) >= 11 is 0. The van der Waals surface area contributed by atoms with E-state index in [0.29, 0.717) is 5.69 Å². The van der Waals surface area contributed by atoms with Crippen LogP contribution in [0.3, 0.4) is 0 Å². The summed E-state index contributed by atoms with van der Waals surface area (Å²) in [6, 6.07) is 4.90. The van der Waals surface area contributed by atoms with Crippen LogP contribution in [0.2, 0.25) is 0 Å². The van der Waals surface area contributed by atoms with E-state index < -0.39 is 0 Å². The number of carbonyl (C=O) groups excluding carboxylic acids is 1. The Hall–Kier alpha value is -1.04. The molecule has 1 saturated heterocycles. The summed E-state index contributed by atoms with van der Waals surface area (Å²) in [5, 5.41) is 5.39. The maximum atomic E-state index is 13.8. The van der Waals surface area contributed by atoms with Crippen molar-refractivity contribution in [1.29, 1.82) is 0 Å². The Bertz CT molecular complexity index is 440. The van der Waals surface area contributed by atoms with Gasteiger partial charge in [-0.15, -0.1) is 24.8 Å². The van der Waals surface area contributed by atoms with Crippen LogP contribution < -0.4 is 15.5 Å². The third kappa shape index (κ3) is 4.51. The third-order valence-electron chi connectivity index (χ3n) is 3.04. The van der Waals surface area contributed by atoms with Crippen LogP contribution in [0.25, 0.3) is 0 Å². The van der Waals surface area contributed by atoms with Crippen molar-refractivity contribution in [3.8, 4) is 0 Å². The van der Waals surface area contributed by atoms with Gasteiger partial charge in [0.15, 0.2) is 0 Å². The molecule has 20 heavy (non-hydrogen) atoms. The average Bonchev–Trinajstić information content (AvgIpc) is 2.85. The minimum absolute atomic E-state index is 0. The van der Waals surface area contributed by atoms with Crippen molar-refractivity contribution in [3.63, 3.8) is 0 Å². The van der Waals surface area contributed by atoms with Crippen molar-refractivity contribution in [2.75, 3.05) is 36.9 Å². The van der Waals surface area contributed by atoms with Crippen LogP contribution in [0.15, 0.2) is 18.2 Å². The van der Waals surface area contributed by atoms with Gasteiger partial charge in [0.2, 0.25) is 5.91 Å². The molecule has 1 fully saturated rings. The molecule has 2 rings (SSSR count). The van der Waals surface area contributed by atoms with Crippen molar-refractivity contribution in [1.82, 2.24) is 5.32 Å². The van der Waals surface area contributed by atoms with Gasteiger partial charge < -0.3 is 15.5 Å². The highest BCUT2D eigenvalue weighted by Crippen LogP contribution is 2.31. The minimum atomic E-state index is -0.385. The maximum absolute atomic E-state index is 13.8. The van der Waals surface area contributed by atoms with Gasteiger partial charge in [-0.3, -0.25) is 4.79 Å². The summed E-state index contributed by atoms with van der Waals surface area (Å²) < 4.78 is 13.8. The van der Waals surface area contributed by atoms with E-state index in [9.17, 15) is 9.18 Å². The lowest BCUT2D eigenvalue weighted by Crippen LogP contribution is -2.27. The predicted octanol–water partition coefficient (Wildman–Crippen LogP) is 2.43. The lowest BCUT2D eigenvalue weighted by molar-refractivity contribution is -0.115. The first-order valence-corrected chi connectivity index (χ1v) is 6.20. The molecule has 0 atom stereocenters. The monoisotopic (exact) mass is 323 g/mol. The molecule has 4 nitrogen and oxygen atoms in total. The molecule has 1 aromatic rings. The fraction of sp³-hybridized carbons (Fsp3) is 0.462. The molecule has 7 heteroatoms. The van der Waals surface area contributed by atoms with Gasteiger partial charge >= 0.3 is 0 Å². The largest absolute Gasteiger partial charge is 0.370 e. The number of rotatable bonds is 4. The number of nitrogens with zero attached hydrogens (tertiary/aromatic N) is 1. The molecule has 1 aliphatic rings. The molecule has 114 valence electrons. The minimum Gasteiger partial charge on any atom is -0.370 e. The zero-order valence-corrected chi connectivity index (χ0v) is 13.0. The number of para-hydroxylation sites is 1. The number of amides is 1. The van der Waals surface area contributed by atoms with Crippen molar-refractivity contribution < 1.29 is 9.18 Å². The number of halogens is 3. The van der Waals surface area contributed by atoms with Gasteiger partial charge in [0, 0.05) is 13.1 Å². The highest BCUT2D eigenvalue weighted by Gasteiger charge is 2.19. The van der Waals surface area contributed by atoms with Gasteiger partial charge in [0.25, 0.3) is 0 Å². The van der Waals surface area contributed by atoms with Gasteiger partial charge in [-0.05, 0) is 32.0 Å². The van der Waals surface area contributed by atoms with Gasteiger partial charge in [0.1, 0.15) is 11.5 Å². The van der Waals surface area contributed by atoms with E-state index >= 15 is 0 Å². The Morgan fingerprint density at radius 2 is 1.95 bits per heavy atom. The smallest absolute Gasteiger partial charge is 0.238 e. The first-order chi connectivity index (χ1) is 8.72. The summed E-state index contributed by atoms with van der Waals surface area (Å²) in [4.78, 5) is 13.7. The van der Waals surface area contributed by atoms with Crippen molar-refractivity contribution >= 4 is 42.1 Å². The zero-order valence-electron chi connectivity index (χ0n) is 11.3. The van der Waals surface area contributed by atoms with E-state index in [1.165, 1.54) is 6.07 Å². The Labute approximate surface area is 130 Å². The van der Waals surface area contributed by atoms with E-state index in [0.717, 1.165) is 31.6 Å². The van der Waals surface area contributed by atoms with Crippen LogP contribution in [-0.4, -0.2) is 32.6 Å². The van der Waals surface area contributed by atoms with Gasteiger partial charge in [-0.25, -0.2) is 4.39 Å². The molecular formula is C13H20Cl2FN3O. The molecule has 0 spiro atoms. The lowest BCUT2D eigenvalue weighted by atomic mass is 10.2. The molecule has 0 saturated carbocycles. The van der Waals surface area contributed by atoms with Crippen molar-refractivity contribution in [2.45, 2.75) is 12.8 Å². The fourth-order valence-corrected chi connectivity index (χ4v) is 2.20. The van der Waals surface area contributed by atoms with Crippen LogP contribution in [-0.2, 0) is 4.79 Å². The van der Waals surface area contributed by atoms with Gasteiger partial charge in [-0.1, -0.05) is 6.07 Å². The van der Waals surface area contributed by atoms with Crippen LogP contribution >= 0.6 is 24.8 Å². The summed E-state index contributed by atoms with van der Waals surface area (Å²) in [6.07, 6.45) is 2.22. The number of likely N-dealkylation sites (N-methyl/N-ethyl adjacent to an activating group) is 1. The third-order valence-corrected chi connectivity index (χ3v) is 3.04. The van der Waals surface area contributed by atoms with E-state index in [4.69, 9.17) is 0 Å². The fourth-order valence-electron chi connectivity index (χ4n) is 2.20. The van der Waals surface area contributed by atoms with Crippen LogP contribution in [0.5, 0.6) is 0 Å². The Morgan fingerprint density at radius 1 is 1.30 bits per heavy atom. The molecule has 0 bridgehead atoms. The Morgan fingerprint density at radius 3 is 2.55 bits per heavy atom. The number of benzene rings is 1. The van der Waals surface area contributed by atoms with E-state index in [-0.39, 0.29) is 43.1 Å². The lowest BCUT2D eigenvalue weighted by Gasteiger charge is -2.21. The Kier molecular flexibility index (Phi) is 8.53. The van der Waals surface area contributed by atoms with Gasteiger partial charge in [0.05, 0.1) is 12.2 Å². The first-order valence-electron chi connectivity index (χ1n) is 6.20. The molecular weight excluding hydrogens is 304 g/mol. The van der Waals surface area contributed by atoms with E-state index in [1.807, 2.05) is 6.07 Å². The highest BCUT2D eigenvalue weighted by molar-refractivity contribution is 5.95. The number of hydrogen-bond acceptors (Lipinski definition) is 3. The summed E-state index contributed by atoms with van der Waals surface area (Å²) in [5.41, 5.74) is 1.07. The SMILES string of the molecule is CNCC(=O)Nc1c(F)cccc1N1CCCC1.Cl.Cl. The quantitative estimate of drug-likeness (QED) is 0.894. The number of anilines is 2. The van der Waals surface area contributed by atoms with Crippen molar-refractivity contribution in [2.24, 2.45) is 0 Å². The summed E-state index contributed by atoms with van der Waals surface area (Å²) in [5.74, 6) is -0.619. The van der Waals surface area contributed by atoms with Crippen LogP contribution in [0.4, 0.5) is 15.8 Å². The number of nitrogens with one attached hydrogen (secondary N) is 2. The standard InChI is InChI=1S/C13H18FN3O.2ClH/c1-15-9-12(18)16-13-10(14)5-4-6-11(13)17-7-2-3-8-17;;/h4-6,15H,2-3,7-9H2,1H3,(H,16,18);2*1H.